The molecule has 0 N–H and O–H groups in total. The van der Waals surface area contributed by atoms with Gasteiger partial charge in [-0.15, -0.1) is 0 Å². The van der Waals surface area contributed by atoms with Gasteiger partial charge in [-0.05, 0) is 68.8 Å². The highest BCUT2D eigenvalue weighted by Gasteiger charge is 2.34. The molecule has 0 amide bonds. The van der Waals surface area contributed by atoms with E-state index in [1.807, 2.05) is 18.2 Å². The molecule has 1 aromatic heterocycles. The van der Waals surface area contributed by atoms with Gasteiger partial charge in [-0.25, -0.2) is 14.6 Å². The summed E-state index contributed by atoms with van der Waals surface area (Å²) in [5.74, 6) is -0.0600. The van der Waals surface area contributed by atoms with Crippen LogP contribution in [0.15, 0.2) is 81.7 Å². The number of aromatic nitrogens is 1. The zero-order valence-electron chi connectivity index (χ0n) is 26.6. The van der Waals surface area contributed by atoms with E-state index in [2.05, 4.69) is 9.73 Å². The van der Waals surface area contributed by atoms with Crippen molar-refractivity contribution in [3.05, 3.63) is 118 Å². The number of esters is 2. The first-order valence-corrected chi connectivity index (χ1v) is 16.5. The third-order valence-corrected chi connectivity index (χ3v) is 8.86. The Morgan fingerprint density at radius 2 is 1.73 bits per heavy atom. The zero-order valence-corrected chi connectivity index (χ0v) is 28.9. The second-order valence-electron chi connectivity index (χ2n) is 10.4. The van der Waals surface area contributed by atoms with E-state index in [0.717, 1.165) is 16.9 Å². The molecule has 0 bridgehead atoms. The molecule has 0 fully saturated rings. The van der Waals surface area contributed by atoms with Crippen molar-refractivity contribution in [2.24, 2.45) is 4.99 Å². The van der Waals surface area contributed by atoms with Crippen LogP contribution in [-0.2, 0) is 25.7 Å². The molecule has 5 rings (SSSR count). The highest BCUT2D eigenvalue weighted by atomic mass is 35.5. The van der Waals surface area contributed by atoms with E-state index in [-0.39, 0.29) is 31.0 Å². The van der Waals surface area contributed by atoms with E-state index in [1.54, 1.807) is 69.3 Å². The number of hydrogen-bond donors (Lipinski definition) is 0. The molecule has 1 aliphatic heterocycles. The zero-order chi connectivity index (χ0) is 34.4. The molecule has 0 radical (unpaired) electrons. The average Bonchev–Trinajstić information content (AvgIpc) is 3.37. The van der Waals surface area contributed by atoms with Gasteiger partial charge in [0, 0.05) is 21.2 Å². The number of halogens is 2. The number of hydrogen-bond acceptors (Lipinski definition) is 10. The van der Waals surface area contributed by atoms with Crippen LogP contribution in [0.1, 0.15) is 43.5 Å². The normalized spacial score (nSPS) is 14.2. The molecular weight excluding hydrogens is 679 g/mol. The average molecular weight is 712 g/mol. The van der Waals surface area contributed by atoms with Gasteiger partial charge in [-0.3, -0.25) is 9.36 Å². The predicted octanol–water partition coefficient (Wildman–Crippen LogP) is 5.63. The van der Waals surface area contributed by atoms with Crippen LogP contribution in [0.2, 0.25) is 10.0 Å². The van der Waals surface area contributed by atoms with Crippen molar-refractivity contribution in [1.29, 1.82) is 0 Å². The summed E-state index contributed by atoms with van der Waals surface area (Å²) in [6.45, 7) is 5.50. The summed E-state index contributed by atoms with van der Waals surface area (Å²) in [6, 6.07) is 16.6. The molecule has 10 nitrogen and oxygen atoms in total. The van der Waals surface area contributed by atoms with Crippen LogP contribution < -0.4 is 29.1 Å². The maximum Gasteiger partial charge on any atom is 0.343 e. The Morgan fingerprint density at radius 1 is 0.958 bits per heavy atom. The summed E-state index contributed by atoms with van der Waals surface area (Å²) in [6.07, 6.45) is 1.69. The molecule has 250 valence electrons. The molecule has 0 aliphatic carbocycles. The summed E-state index contributed by atoms with van der Waals surface area (Å²) in [7, 11) is 1.26. The number of allylic oxidation sites excluding steroid dienone is 1. The minimum absolute atomic E-state index is 0.128. The van der Waals surface area contributed by atoms with E-state index >= 15 is 0 Å². The van der Waals surface area contributed by atoms with Crippen LogP contribution in [-0.4, -0.2) is 43.4 Å². The van der Waals surface area contributed by atoms with Gasteiger partial charge in [0.05, 0.1) is 42.2 Å². The maximum atomic E-state index is 14.3. The van der Waals surface area contributed by atoms with Gasteiger partial charge >= 0.3 is 11.9 Å². The molecule has 0 saturated heterocycles. The second-order valence-corrected chi connectivity index (χ2v) is 12.2. The number of benzene rings is 3. The van der Waals surface area contributed by atoms with Crippen LogP contribution in [0, 0.1) is 0 Å². The number of carbonyl (C=O) groups is 2. The van der Waals surface area contributed by atoms with E-state index < -0.39 is 18.0 Å². The first kappa shape index (κ1) is 34.7. The third kappa shape index (κ3) is 7.59. The van der Waals surface area contributed by atoms with E-state index in [4.69, 9.17) is 42.1 Å². The number of fused-ring (bicyclic) bond motifs is 1. The van der Waals surface area contributed by atoms with Crippen LogP contribution >= 0.6 is 34.5 Å². The molecule has 0 spiro atoms. The molecule has 1 atom stereocenters. The number of carbonyl (C=O) groups excluding carboxylic acids is 2. The number of thiazole rings is 1. The topological polar surface area (TPSA) is 115 Å². The van der Waals surface area contributed by atoms with Crippen LogP contribution in [0.3, 0.4) is 0 Å². The standard InChI is InChI=1S/C35H32Cl2N2O8S/c1-5-44-28-16-21(11-13-27(28)47-19-30(40)43-4)32-31(34(42)45-6-2)20(3)38-35-39(32)33(41)29(48-35)17-23-15-24(36)12-14-26(23)46-18-22-9-7-8-10-25(22)37/h7-17,32H,5-6,18-19H2,1-4H3/b29-17+/t32-/m0/s1. The quantitative estimate of drug-likeness (QED) is 0.174. The fourth-order valence-electron chi connectivity index (χ4n) is 5.06. The van der Waals surface area contributed by atoms with Crippen molar-refractivity contribution in [2.75, 3.05) is 26.9 Å². The smallest absolute Gasteiger partial charge is 0.343 e. The molecule has 2 heterocycles. The van der Waals surface area contributed by atoms with Crippen molar-refractivity contribution >= 4 is 52.6 Å². The first-order valence-electron chi connectivity index (χ1n) is 15.0. The molecular formula is C35H32Cl2N2O8S. The fraction of sp³-hybridized carbons (Fsp3) is 0.257. The van der Waals surface area contributed by atoms with Crippen LogP contribution in [0.4, 0.5) is 0 Å². The van der Waals surface area contributed by atoms with Crippen LogP contribution in [0.5, 0.6) is 17.2 Å². The SMILES string of the molecule is CCOC(=O)C1=C(C)N=c2s/c(=C/c3cc(Cl)ccc3OCc3ccccc3Cl)c(=O)n2[C@H]1c1ccc(OCC(=O)OC)c(OCC)c1. The van der Waals surface area contributed by atoms with Crippen molar-refractivity contribution in [1.82, 2.24) is 4.57 Å². The Morgan fingerprint density at radius 3 is 2.46 bits per heavy atom. The molecule has 48 heavy (non-hydrogen) atoms. The summed E-state index contributed by atoms with van der Waals surface area (Å²) >= 11 is 13.9. The Kier molecular flexibility index (Phi) is 11.3. The Labute approximate surface area is 290 Å². The van der Waals surface area contributed by atoms with E-state index in [1.165, 1.54) is 11.7 Å². The molecule has 0 unspecified atom stereocenters. The lowest BCUT2D eigenvalue weighted by atomic mass is 9.95. The highest BCUT2D eigenvalue weighted by Crippen LogP contribution is 2.36. The minimum atomic E-state index is -0.911. The summed E-state index contributed by atoms with van der Waals surface area (Å²) in [4.78, 5) is 44.4. The largest absolute Gasteiger partial charge is 0.490 e. The van der Waals surface area contributed by atoms with Gasteiger partial charge in [0.25, 0.3) is 5.56 Å². The monoisotopic (exact) mass is 710 g/mol. The lowest BCUT2D eigenvalue weighted by molar-refractivity contribution is -0.143. The lowest BCUT2D eigenvalue weighted by Gasteiger charge is -2.25. The number of rotatable bonds is 12. The Bertz CT molecular complexity index is 2070. The Hall–Kier alpha value is -4.58. The van der Waals surface area contributed by atoms with Gasteiger partial charge in [-0.1, -0.05) is 58.8 Å². The third-order valence-electron chi connectivity index (χ3n) is 7.27. The summed E-state index contributed by atoms with van der Waals surface area (Å²) in [5.41, 5.74) is 2.13. The van der Waals surface area contributed by atoms with E-state index in [0.29, 0.717) is 60.1 Å². The number of ether oxygens (including phenoxy) is 5. The van der Waals surface area contributed by atoms with Gasteiger partial charge in [0.15, 0.2) is 22.9 Å². The van der Waals surface area contributed by atoms with Gasteiger partial charge in [-0.2, -0.15) is 0 Å². The maximum absolute atomic E-state index is 14.3. The molecule has 3 aromatic carbocycles. The number of nitrogens with zero attached hydrogens (tertiary/aromatic N) is 2. The Balaban J connectivity index is 1.62. The van der Waals surface area contributed by atoms with Crippen molar-refractivity contribution < 1.29 is 33.3 Å². The molecule has 0 saturated carbocycles. The van der Waals surface area contributed by atoms with Crippen LogP contribution in [0.25, 0.3) is 6.08 Å². The van der Waals surface area contributed by atoms with Crippen molar-refractivity contribution in [2.45, 2.75) is 33.4 Å². The van der Waals surface area contributed by atoms with Crippen molar-refractivity contribution in [3.63, 3.8) is 0 Å². The van der Waals surface area contributed by atoms with Gasteiger partial charge in [0.1, 0.15) is 12.4 Å². The molecule has 1 aliphatic rings. The van der Waals surface area contributed by atoms with E-state index in [9.17, 15) is 14.4 Å². The summed E-state index contributed by atoms with van der Waals surface area (Å²) < 4.78 is 29.5. The van der Waals surface area contributed by atoms with Crippen molar-refractivity contribution in [3.8, 4) is 17.2 Å². The number of methoxy groups -OCH3 is 1. The molecule has 13 heteroatoms. The lowest BCUT2D eigenvalue weighted by Crippen LogP contribution is -2.40. The van der Waals surface area contributed by atoms with Gasteiger partial charge in [0.2, 0.25) is 0 Å². The fourth-order valence-corrected chi connectivity index (χ4v) is 6.47. The molecule has 4 aromatic rings. The second kappa shape index (κ2) is 15.5. The minimum Gasteiger partial charge on any atom is -0.490 e. The predicted molar refractivity (Wildman–Crippen MR) is 183 cm³/mol. The first-order chi connectivity index (χ1) is 23.1. The summed E-state index contributed by atoms with van der Waals surface area (Å²) in [5, 5.41) is 1.03. The highest BCUT2D eigenvalue weighted by molar-refractivity contribution is 7.07. The van der Waals surface area contributed by atoms with Gasteiger partial charge < -0.3 is 23.7 Å².